The van der Waals surface area contributed by atoms with E-state index < -0.39 is 5.97 Å². The van der Waals surface area contributed by atoms with Crippen molar-refractivity contribution < 1.29 is 14.6 Å². The van der Waals surface area contributed by atoms with Crippen LogP contribution in [0.25, 0.3) is 0 Å². The number of aromatic amines is 1. The topological polar surface area (TPSA) is 112 Å². The van der Waals surface area contributed by atoms with Gasteiger partial charge in [0, 0.05) is 12.0 Å². The zero-order valence-corrected chi connectivity index (χ0v) is 14.0. The summed E-state index contributed by atoms with van der Waals surface area (Å²) in [6.07, 6.45) is 1.99. The van der Waals surface area contributed by atoms with Crippen molar-refractivity contribution in [2.24, 2.45) is 0 Å². The molecule has 26 heavy (non-hydrogen) atoms. The Morgan fingerprint density at radius 1 is 1.15 bits per heavy atom. The van der Waals surface area contributed by atoms with E-state index in [1.807, 2.05) is 48.5 Å². The van der Waals surface area contributed by atoms with E-state index in [9.17, 15) is 4.79 Å². The fourth-order valence-corrected chi connectivity index (χ4v) is 2.45. The highest BCUT2D eigenvalue weighted by atomic mass is 16.5. The normalized spacial score (nSPS) is 10.5. The third kappa shape index (κ3) is 4.54. The maximum Gasteiger partial charge on any atom is 0.303 e. The highest BCUT2D eigenvalue weighted by Crippen LogP contribution is 2.16. The fraction of sp³-hybridized carbons (Fsp3) is 0.158. The van der Waals surface area contributed by atoms with Crippen molar-refractivity contribution in [2.45, 2.75) is 19.4 Å². The lowest BCUT2D eigenvalue weighted by Crippen LogP contribution is -2.05. The summed E-state index contributed by atoms with van der Waals surface area (Å²) in [6.45, 7) is 0.367. The first-order valence-electron chi connectivity index (χ1n) is 8.09. The van der Waals surface area contributed by atoms with E-state index in [2.05, 4.69) is 15.2 Å². The molecule has 3 aromatic rings. The number of hydrogen-bond donors (Lipinski definition) is 3. The standard InChI is InChI=1S/C19H18N4O3/c20-18(19-21-12-22-23-19)15-3-1-2-14(10-15)11-26-16-7-4-13(5-8-16)6-9-17(24)25/h1-5,7-8,10,12,20H,6,9,11H2,(H,24,25)(H,21,22,23). The second kappa shape index (κ2) is 8.06. The second-order valence-corrected chi connectivity index (χ2v) is 5.74. The van der Waals surface area contributed by atoms with Crippen molar-refractivity contribution in [1.82, 2.24) is 15.2 Å². The van der Waals surface area contributed by atoms with Gasteiger partial charge in [0.05, 0.1) is 0 Å². The van der Waals surface area contributed by atoms with Crippen LogP contribution in [0, 0.1) is 5.41 Å². The Bertz CT molecular complexity index is 889. The molecule has 7 nitrogen and oxygen atoms in total. The summed E-state index contributed by atoms with van der Waals surface area (Å²) in [5.41, 5.74) is 2.89. The minimum atomic E-state index is -0.805. The summed E-state index contributed by atoms with van der Waals surface area (Å²) in [7, 11) is 0. The Hall–Kier alpha value is -3.48. The van der Waals surface area contributed by atoms with Crippen LogP contribution >= 0.6 is 0 Å². The largest absolute Gasteiger partial charge is 0.489 e. The molecule has 3 N–H and O–H groups in total. The number of ether oxygens (including phenoxy) is 1. The Morgan fingerprint density at radius 2 is 1.96 bits per heavy atom. The molecule has 2 aromatic carbocycles. The van der Waals surface area contributed by atoms with Gasteiger partial charge in [0.15, 0.2) is 5.82 Å². The van der Waals surface area contributed by atoms with E-state index in [-0.39, 0.29) is 12.1 Å². The van der Waals surface area contributed by atoms with E-state index >= 15 is 0 Å². The summed E-state index contributed by atoms with van der Waals surface area (Å²) >= 11 is 0. The number of aryl methyl sites for hydroxylation is 1. The molecule has 0 bridgehead atoms. The number of carboxylic acid groups (broad SMARTS) is 1. The van der Waals surface area contributed by atoms with Crippen LogP contribution in [0.15, 0.2) is 54.9 Å². The van der Waals surface area contributed by atoms with Gasteiger partial charge >= 0.3 is 5.97 Å². The smallest absolute Gasteiger partial charge is 0.303 e. The van der Waals surface area contributed by atoms with Crippen LogP contribution in [0.3, 0.4) is 0 Å². The lowest BCUT2D eigenvalue weighted by atomic mass is 10.1. The first-order chi connectivity index (χ1) is 12.6. The Kier molecular flexibility index (Phi) is 5.38. The molecule has 1 aromatic heterocycles. The number of hydrogen-bond acceptors (Lipinski definition) is 5. The molecule has 0 amide bonds. The molecule has 0 radical (unpaired) electrons. The number of benzene rings is 2. The summed E-state index contributed by atoms with van der Waals surface area (Å²) in [5, 5.41) is 23.3. The minimum absolute atomic E-state index is 0.115. The molecule has 0 unspecified atom stereocenters. The third-order valence-corrected chi connectivity index (χ3v) is 3.82. The maximum atomic E-state index is 10.6. The maximum absolute atomic E-state index is 10.6. The van der Waals surface area contributed by atoms with Crippen molar-refractivity contribution in [3.05, 3.63) is 77.4 Å². The van der Waals surface area contributed by atoms with Crippen LogP contribution < -0.4 is 4.74 Å². The molecule has 132 valence electrons. The van der Waals surface area contributed by atoms with Gasteiger partial charge in [0.25, 0.3) is 0 Å². The van der Waals surface area contributed by atoms with Gasteiger partial charge in [-0.15, -0.1) is 0 Å². The summed E-state index contributed by atoms with van der Waals surface area (Å²) in [4.78, 5) is 14.6. The molecule has 0 atom stereocenters. The van der Waals surface area contributed by atoms with E-state index in [0.717, 1.165) is 16.7 Å². The van der Waals surface area contributed by atoms with E-state index in [1.165, 1.54) is 6.33 Å². The van der Waals surface area contributed by atoms with E-state index in [0.29, 0.717) is 24.6 Å². The van der Waals surface area contributed by atoms with Crippen molar-refractivity contribution >= 4 is 11.7 Å². The van der Waals surface area contributed by atoms with Crippen LogP contribution in [-0.2, 0) is 17.8 Å². The molecule has 7 heteroatoms. The predicted octanol–water partition coefficient (Wildman–Crippen LogP) is 2.82. The van der Waals surface area contributed by atoms with Crippen molar-refractivity contribution in [1.29, 1.82) is 5.41 Å². The third-order valence-electron chi connectivity index (χ3n) is 3.82. The van der Waals surface area contributed by atoms with Crippen molar-refractivity contribution in [3.8, 4) is 5.75 Å². The number of aliphatic carboxylic acids is 1. The van der Waals surface area contributed by atoms with Gasteiger partial charge in [-0.1, -0.05) is 30.3 Å². The monoisotopic (exact) mass is 350 g/mol. The highest BCUT2D eigenvalue weighted by Gasteiger charge is 2.08. The SMILES string of the molecule is N=C(c1cccc(COc2ccc(CCC(=O)O)cc2)c1)c1ncn[nH]1. The molecular formula is C19H18N4O3. The first-order valence-corrected chi connectivity index (χ1v) is 8.09. The lowest BCUT2D eigenvalue weighted by Gasteiger charge is -2.09. The van der Waals surface area contributed by atoms with Gasteiger partial charge in [-0.3, -0.25) is 15.3 Å². The van der Waals surface area contributed by atoms with Crippen LogP contribution in [0.5, 0.6) is 5.75 Å². The van der Waals surface area contributed by atoms with Gasteiger partial charge in [-0.25, -0.2) is 4.98 Å². The molecule has 0 aliphatic rings. The van der Waals surface area contributed by atoms with Gasteiger partial charge in [-0.05, 0) is 35.7 Å². The van der Waals surface area contributed by atoms with Crippen molar-refractivity contribution in [3.63, 3.8) is 0 Å². The second-order valence-electron chi connectivity index (χ2n) is 5.74. The van der Waals surface area contributed by atoms with Crippen LogP contribution in [-0.4, -0.2) is 32.0 Å². The molecule has 0 aliphatic carbocycles. The molecule has 0 spiro atoms. The van der Waals surface area contributed by atoms with Crippen LogP contribution in [0.2, 0.25) is 0 Å². The Labute approximate surface area is 150 Å². The summed E-state index contributed by atoms with van der Waals surface area (Å²) in [5.74, 6) is 0.320. The molecular weight excluding hydrogens is 332 g/mol. The Balaban J connectivity index is 1.60. The molecule has 0 saturated carbocycles. The minimum Gasteiger partial charge on any atom is -0.489 e. The van der Waals surface area contributed by atoms with Gasteiger partial charge in [-0.2, -0.15) is 5.10 Å². The van der Waals surface area contributed by atoms with E-state index in [4.69, 9.17) is 15.3 Å². The molecule has 0 saturated heterocycles. The van der Waals surface area contributed by atoms with Gasteiger partial charge in [0.2, 0.25) is 0 Å². The highest BCUT2D eigenvalue weighted by molar-refractivity contribution is 6.08. The summed E-state index contributed by atoms with van der Waals surface area (Å²) < 4.78 is 5.78. The fourth-order valence-electron chi connectivity index (χ4n) is 2.45. The average Bonchev–Trinajstić information content (AvgIpc) is 3.20. The number of aromatic nitrogens is 3. The average molecular weight is 350 g/mol. The zero-order valence-electron chi connectivity index (χ0n) is 14.0. The van der Waals surface area contributed by atoms with Crippen LogP contribution in [0.1, 0.15) is 28.9 Å². The summed E-state index contributed by atoms with van der Waals surface area (Å²) in [6, 6.07) is 14.9. The number of carboxylic acids is 1. The van der Waals surface area contributed by atoms with Crippen molar-refractivity contribution in [2.75, 3.05) is 0 Å². The predicted molar refractivity (Wildman–Crippen MR) is 95.5 cm³/mol. The number of carbonyl (C=O) groups is 1. The Morgan fingerprint density at radius 3 is 2.65 bits per heavy atom. The van der Waals surface area contributed by atoms with E-state index in [1.54, 1.807) is 0 Å². The van der Waals surface area contributed by atoms with Gasteiger partial charge < -0.3 is 9.84 Å². The lowest BCUT2D eigenvalue weighted by molar-refractivity contribution is -0.136. The zero-order chi connectivity index (χ0) is 18.4. The van der Waals surface area contributed by atoms with Gasteiger partial charge in [0.1, 0.15) is 24.4 Å². The number of nitrogens with zero attached hydrogens (tertiary/aromatic N) is 2. The number of rotatable bonds is 8. The first kappa shape index (κ1) is 17.3. The quantitative estimate of drug-likeness (QED) is 0.541. The molecule has 1 heterocycles. The molecule has 0 fully saturated rings. The number of H-pyrrole nitrogens is 1. The molecule has 3 rings (SSSR count). The molecule has 0 aliphatic heterocycles. The van der Waals surface area contributed by atoms with Crippen LogP contribution in [0.4, 0.5) is 0 Å². The number of nitrogens with one attached hydrogen (secondary N) is 2.